The third-order valence-corrected chi connectivity index (χ3v) is 4.80. The molecule has 3 aromatic heterocycles. The van der Waals surface area contributed by atoms with Crippen LogP contribution in [0.4, 0.5) is 0 Å². The zero-order valence-corrected chi connectivity index (χ0v) is 18.0. The van der Waals surface area contributed by atoms with Gasteiger partial charge in [0.1, 0.15) is 11.3 Å². The first kappa shape index (κ1) is 21.5. The lowest BCUT2D eigenvalue weighted by atomic mass is 10.2. The number of terminal acetylenes is 1. The summed E-state index contributed by atoms with van der Waals surface area (Å²) < 4.78 is 7.71. The summed E-state index contributed by atoms with van der Waals surface area (Å²) in [5.74, 6) is 3.36. The zero-order valence-electron chi connectivity index (χ0n) is 18.0. The largest absolute Gasteiger partial charge is 0.477 e. The van der Waals surface area contributed by atoms with E-state index in [0.717, 1.165) is 25.1 Å². The van der Waals surface area contributed by atoms with Crippen LogP contribution in [0.25, 0.3) is 22.4 Å². The number of hydrogen-bond donors (Lipinski definition) is 1. The highest BCUT2D eigenvalue weighted by Crippen LogP contribution is 2.27. The summed E-state index contributed by atoms with van der Waals surface area (Å²) in [5.41, 5.74) is 2.73. The molecule has 158 valence electrons. The lowest BCUT2D eigenvalue weighted by Gasteiger charge is -2.11. The third-order valence-electron chi connectivity index (χ3n) is 4.80. The van der Waals surface area contributed by atoms with Crippen LogP contribution in [-0.4, -0.2) is 56.9 Å². The fourth-order valence-corrected chi connectivity index (χ4v) is 3.15. The number of unbranched alkanes of at least 4 members (excludes halogenated alkanes) is 1. The average molecular weight is 409 g/mol. The van der Waals surface area contributed by atoms with Gasteiger partial charge in [0.2, 0.25) is 5.88 Å². The molecule has 0 atom stereocenters. The second-order valence-corrected chi connectivity index (χ2v) is 7.36. The fourth-order valence-electron chi connectivity index (χ4n) is 3.15. The number of aromatic nitrogens is 5. The molecule has 0 unspecified atom stereocenters. The number of likely N-dealkylation sites (N-methyl/N-ethyl adjacent to an activating group) is 1. The molecule has 0 saturated carbocycles. The van der Waals surface area contributed by atoms with E-state index in [9.17, 15) is 4.79 Å². The van der Waals surface area contributed by atoms with Gasteiger partial charge in [-0.1, -0.05) is 26.2 Å². The Bertz CT molecular complexity index is 1120. The first-order chi connectivity index (χ1) is 14.5. The van der Waals surface area contributed by atoms with Gasteiger partial charge < -0.3 is 14.6 Å². The van der Waals surface area contributed by atoms with E-state index >= 15 is 0 Å². The van der Waals surface area contributed by atoms with Gasteiger partial charge in [-0.3, -0.25) is 9.48 Å². The molecule has 0 radical (unpaired) electrons. The molecule has 0 aliphatic heterocycles. The van der Waals surface area contributed by atoms with Crippen molar-refractivity contribution in [2.75, 3.05) is 27.2 Å². The molecule has 0 aromatic carbocycles. The van der Waals surface area contributed by atoms with Gasteiger partial charge in [0, 0.05) is 18.3 Å². The highest BCUT2D eigenvalue weighted by atomic mass is 16.5. The Labute approximate surface area is 176 Å². The van der Waals surface area contributed by atoms with Gasteiger partial charge in [-0.25, -0.2) is 9.97 Å². The Morgan fingerprint density at radius 2 is 2.10 bits per heavy atom. The summed E-state index contributed by atoms with van der Waals surface area (Å²) >= 11 is 0. The highest BCUT2D eigenvalue weighted by Gasteiger charge is 2.19. The van der Waals surface area contributed by atoms with Gasteiger partial charge in [-0.15, -0.1) is 6.42 Å². The molecule has 0 spiro atoms. The number of pyridine rings is 1. The van der Waals surface area contributed by atoms with E-state index < -0.39 is 0 Å². The van der Waals surface area contributed by atoms with Crippen molar-refractivity contribution in [2.24, 2.45) is 0 Å². The molecular formula is C22H28N6O2. The average Bonchev–Trinajstić information content (AvgIpc) is 3.10. The zero-order chi connectivity index (χ0) is 21.7. The number of nitrogens with zero attached hydrogens (tertiary/aromatic N) is 5. The first-order valence-electron chi connectivity index (χ1n) is 10.2. The molecule has 0 aliphatic rings. The van der Waals surface area contributed by atoms with Crippen LogP contribution in [0.5, 0.6) is 5.88 Å². The Hall–Kier alpha value is -3.18. The summed E-state index contributed by atoms with van der Waals surface area (Å²) in [5, 5.41) is 4.51. The van der Waals surface area contributed by atoms with Crippen molar-refractivity contribution >= 4 is 11.0 Å². The van der Waals surface area contributed by atoms with Gasteiger partial charge in [-0.05, 0) is 33.0 Å². The van der Waals surface area contributed by atoms with Crippen LogP contribution in [0.15, 0.2) is 17.1 Å². The van der Waals surface area contributed by atoms with Crippen LogP contribution in [0.2, 0.25) is 0 Å². The second-order valence-electron chi connectivity index (χ2n) is 7.36. The van der Waals surface area contributed by atoms with E-state index in [4.69, 9.17) is 16.1 Å². The topological polar surface area (TPSA) is 88.9 Å². The number of hydrogen-bond acceptors (Lipinski definition) is 6. The van der Waals surface area contributed by atoms with Crippen molar-refractivity contribution in [1.29, 1.82) is 0 Å². The van der Waals surface area contributed by atoms with Crippen LogP contribution >= 0.6 is 0 Å². The van der Waals surface area contributed by atoms with Crippen molar-refractivity contribution in [2.45, 2.75) is 39.7 Å². The Kier molecular flexibility index (Phi) is 6.85. The number of fused-ring (bicyclic) bond motifs is 1. The SMILES string of the molecule is C#Cc1cnc(OCCCC)c(-c2nc3c(CC)n(CCN(C)C)nc3c(=O)[nH]2)c1. The molecule has 3 heterocycles. The summed E-state index contributed by atoms with van der Waals surface area (Å²) in [6.45, 7) is 6.15. The normalized spacial score (nSPS) is 11.2. The van der Waals surface area contributed by atoms with Gasteiger partial charge in [0.25, 0.3) is 5.56 Å². The van der Waals surface area contributed by atoms with E-state index in [0.29, 0.717) is 53.4 Å². The fraction of sp³-hybridized carbons (Fsp3) is 0.455. The molecule has 0 amide bonds. The molecule has 3 rings (SSSR count). The van der Waals surface area contributed by atoms with Crippen molar-refractivity contribution < 1.29 is 4.74 Å². The van der Waals surface area contributed by atoms with E-state index in [1.165, 1.54) is 0 Å². The van der Waals surface area contributed by atoms with Crippen molar-refractivity contribution in [3.63, 3.8) is 0 Å². The Morgan fingerprint density at radius 1 is 1.30 bits per heavy atom. The summed E-state index contributed by atoms with van der Waals surface area (Å²) in [7, 11) is 4.01. The summed E-state index contributed by atoms with van der Waals surface area (Å²) in [6, 6.07) is 1.76. The molecule has 8 nitrogen and oxygen atoms in total. The van der Waals surface area contributed by atoms with E-state index in [1.807, 2.05) is 25.7 Å². The number of ether oxygens (including phenoxy) is 1. The van der Waals surface area contributed by atoms with Crippen LogP contribution < -0.4 is 10.3 Å². The Morgan fingerprint density at radius 3 is 2.77 bits per heavy atom. The number of aryl methyl sites for hydroxylation is 1. The number of aromatic amines is 1. The molecule has 3 aromatic rings. The van der Waals surface area contributed by atoms with Crippen LogP contribution in [0.1, 0.15) is 37.9 Å². The minimum Gasteiger partial charge on any atom is -0.477 e. The van der Waals surface area contributed by atoms with Crippen molar-refractivity contribution in [3.05, 3.63) is 33.9 Å². The summed E-state index contributed by atoms with van der Waals surface area (Å²) in [4.78, 5) is 26.8. The first-order valence-corrected chi connectivity index (χ1v) is 10.2. The van der Waals surface area contributed by atoms with Crippen molar-refractivity contribution in [3.8, 4) is 29.6 Å². The monoisotopic (exact) mass is 408 g/mol. The number of rotatable bonds is 9. The summed E-state index contributed by atoms with van der Waals surface area (Å²) in [6.07, 6.45) is 9.75. The molecule has 0 aliphatic carbocycles. The van der Waals surface area contributed by atoms with Gasteiger partial charge in [-0.2, -0.15) is 5.10 Å². The molecule has 1 N–H and O–H groups in total. The predicted octanol–water partition coefficient (Wildman–Crippen LogP) is 2.47. The second kappa shape index (κ2) is 9.55. The highest BCUT2D eigenvalue weighted by molar-refractivity contribution is 5.79. The van der Waals surface area contributed by atoms with E-state index in [2.05, 4.69) is 32.8 Å². The molecule has 8 heteroatoms. The predicted molar refractivity (Wildman–Crippen MR) is 118 cm³/mol. The maximum Gasteiger partial charge on any atom is 0.279 e. The standard InChI is InChI=1S/C22H28N6O2/c1-6-9-12-30-22-16(13-15(7-2)14-23-22)20-24-18-17(8-3)28(11-10-27(4)5)26-19(18)21(29)25-20/h2,13-14H,6,8-12H2,1,3-5H3,(H,24,25,29). The van der Waals surface area contributed by atoms with Gasteiger partial charge >= 0.3 is 0 Å². The maximum atomic E-state index is 12.8. The minimum atomic E-state index is -0.293. The van der Waals surface area contributed by atoms with Gasteiger partial charge in [0.15, 0.2) is 5.52 Å². The maximum absolute atomic E-state index is 12.8. The Balaban J connectivity index is 2.12. The van der Waals surface area contributed by atoms with E-state index in [1.54, 1.807) is 12.3 Å². The van der Waals surface area contributed by atoms with Crippen LogP contribution in [0, 0.1) is 12.3 Å². The number of nitrogens with one attached hydrogen (secondary N) is 1. The smallest absolute Gasteiger partial charge is 0.279 e. The molecule has 0 fully saturated rings. The third kappa shape index (κ3) is 4.52. The van der Waals surface area contributed by atoms with Gasteiger partial charge in [0.05, 0.1) is 24.4 Å². The van der Waals surface area contributed by atoms with Crippen molar-refractivity contribution in [1.82, 2.24) is 29.6 Å². The lowest BCUT2D eigenvalue weighted by molar-refractivity contribution is 0.299. The lowest BCUT2D eigenvalue weighted by Crippen LogP contribution is -2.20. The van der Waals surface area contributed by atoms with Crippen LogP contribution in [-0.2, 0) is 13.0 Å². The number of H-pyrrole nitrogens is 1. The van der Waals surface area contributed by atoms with E-state index in [-0.39, 0.29) is 5.56 Å². The molecule has 0 saturated heterocycles. The molecular weight excluding hydrogens is 380 g/mol. The molecule has 0 bridgehead atoms. The van der Waals surface area contributed by atoms with Crippen LogP contribution in [0.3, 0.4) is 0 Å². The quantitative estimate of drug-likeness (QED) is 0.432. The molecule has 30 heavy (non-hydrogen) atoms. The minimum absolute atomic E-state index is 0.293.